The number of aromatic nitrogens is 3. The molecular formula is C24H28Cl2N4OS. The van der Waals surface area contributed by atoms with Crippen molar-refractivity contribution >= 4 is 40.9 Å². The fourth-order valence-corrected chi connectivity index (χ4v) is 4.28. The third-order valence-corrected chi connectivity index (χ3v) is 6.68. The zero-order valence-corrected chi connectivity index (χ0v) is 20.9. The second kappa shape index (κ2) is 11.7. The molecule has 170 valence electrons. The molecule has 0 spiro atoms. The van der Waals surface area contributed by atoms with Gasteiger partial charge in [-0.3, -0.25) is 9.36 Å². The number of nitrogens with zero attached hydrogens (tertiary/aromatic N) is 3. The molecule has 3 aromatic rings. The number of carbonyl (C=O) groups is 1. The largest absolute Gasteiger partial charge is 0.356 e. The van der Waals surface area contributed by atoms with Gasteiger partial charge in [0.15, 0.2) is 11.0 Å². The van der Waals surface area contributed by atoms with Crippen LogP contribution in [0.15, 0.2) is 47.6 Å². The van der Waals surface area contributed by atoms with Crippen molar-refractivity contribution in [3.63, 3.8) is 0 Å². The van der Waals surface area contributed by atoms with Crippen LogP contribution in [0, 0.1) is 12.8 Å². The highest BCUT2D eigenvalue weighted by atomic mass is 35.5. The number of hydrogen-bond acceptors (Lipinski definition) is 4. The Labute approximate surface area is 203 Å². The summed E-state index contributed by atoms with van der Waals surface area (Å²) in [5.41, 5.74) is 2.98. The average molecular weight is 491 g/mol. The maximum Gasteiger partial charge on any atom is 0.220 e. The lowest BCUT2D eigenvalue weighted by Gasteiger charge is -2.12. The van der Waals surface area contributed by atoms with E-state index < -0.39 is 0 Å². The van der Waals surface area contributed by atoms with Crippen LogP contribution >= 0.6 is 35.0 Å². The van der Waals surface area contributed by atoms with Gasteiger partial charge in [0.05, 0.1) is 15.7 Å². The normalized spacial score (nSPS) is 11.2. The molecule has 2 aromatic carbocycles. The SMILES string of the molecule is Cc1ccc(-c2nnc(SCCCC(=O)NCCC(C)C)n2-c2ccc(Cl)c(Cl)c2)cc1. The third kappa shape index (κ3) is 6.74. The summed E-state index contributed by atoms with van der Waals surface area (Å²) >= 11 is 14.0. The average Bonchev–Trinajstić information content (AvgIpc) is 3.17. The van der Waals surface area contributed by atoms with Gasteiger partial charge in [0, 0.05) is 24.3 Å². The van der Waals surface area contributed by atoms with Gasteiger partial charge < -0.3 is 5.32 Å². The van der Waals surface area contributed by atoms with Crippen LogP contribution in [-0.4, -0.2) is 33.0 Å². The topological polar surface area (TPSA) is 59.8 Å². The van der Waals surface area contributed by atoms with Crippen molar-refractivity contribution in [2.24, 2.45) is 5.92 Å². The summed E-state index contributed by atoms with van der Waals surface area (Å²) in [6.45, 7) is 7.08. The Morgan fingerprint density at radius 3 is 2.53 bits per heavy atom. The molecule has 0 fully saturated rings. The number of thioether (sulfide) groups is 1. The highest BCUT2D eigenvalue weighted by Crippen LogP contribution is 2.31. The molecule has 1 N–H and O–H groups in total. The predicted molar refractivity (Wildman–Crippen MR) is 134 cm³/mol. The Bertz CT molecular complexity index is 1050. The summed E-state index contributed by atoms with van der Waals surface area (Å²) in [4.78, 5) is 12.0. The molecule has 0 aliphatic rings. The van der Waals surface area contributed by atoms with Crippen LogP contribution in [0.4, 0.5) is 0 Å². The van der Waals surface area contributed by atoms with E-state index in [1.54, 1.807) is 17.8 Å². The lowest BCUT2D eigenvalue weighted by atomic mass is 10.1. The molecule has 5 nitrogen and oxygen atoms in total. The monoisotopic (exact) mass is 490 g/mol. The molecule has 0 aliphatic carbocycles. The molecule has 0 bridgehead atoms. The molecule has 1 amide bonds. The summed E-state index contributed by atoms with van der Waals surface area (Å²) in [5, 5.41) is 13.6. The van der Waals surface area contributed by atoms with Crippen molar-refractivity contribution in [3.8, 4) is 17.1 Å². The highest BCUT2D eigenvalue weighted by Gasteiger charge is 2.17. The number of carbonyl (C=O) groups excluding carboxylic acids is 1. The number of hydrogen-bond donors (Lipinski definition) is 1. The number of amides is 1. The Kier molecular flexibility index (Phi) is 9.02. The van der Waals surface area contributed by atoms with E-state index in [9.17, 15) is 4.79 Å². The molecule has 3 rings (SSSR count). The Balaban J connectivity index is 1.74. The Hall–Kier alpha value is -2.02. The van der Waals surface area contributed by atoms with Crippen LogP contribution in [0.25, 0.3) is 17.1 Å². The number of halogens is 2. The van der Waals surface area contributed by atoms with Crippen molar-refractivity contribution < 1.29 is 4.79 Å². The van der Waals surface area contributed by atoms with E-state index in [0.29, 0.717) is 22.4 Å². The van der Waals surface area contributed by atoms with Crippen LogP contribution in [0.1, 0.15) is 38.7 Å². The predicted octanol–water partition coefficient (Wildman–Crippen LogP) is 6.58. The quantitative estimate of drug-likeness (QED) is 0.257. The van der Waals surface area contributed by atoms with Gasteiger partial charge in [-0.15, -0.1) is 10.2 Å². The smallest absolute Gasteiger partial charge is 0.220 e. The first kappa shape index (κ1) is 24.6. The van der Waals surface area contributed by atoms with E-state index in [4.69, 9.17) is 23.2 Å². The first-order valence-electron chi connectivity index (χ1n) is 10.7. The Morgan fingerprint density at radius 1 is 1.09 bits per heavy atom. The van der Waals surface area contributed by atoms with Crippen LogP contribution in [0.3, 0.4) is 0 Å². The first-order chi connectivity index (χ1) is 15.3. The lowest BCUT2D eigenvalue weighted by molar-refractivity contribution is -0.121. The van der Waals surface area contributed by atoms with Gasteiger partial charge >= 0.3 is 0 Å². The highest BCUT2D eigenvalue weighted by molar-refractivity contribution is 7.99. The van der Waals surface area contributed by atoms with Crippen molar-refractivity contribution in [1.82, 2.24) is 20.1 Å². The van der Waals surface area contributed by atoms with Crippen LogP contribution in [0.5, 0.6) is 0 Å². The minimum Gasteiger partial charge on any atom is -0.356 e. The minimum absolute atomic E-state index is 0.0949. The maximum absolute atomic E-state index is 12.0. The molecule has 0 unspecified atom stereocenters. The van der Waals surface area contributed by atoms with Gasteiger partial charge in [0.2, 0.25) is 5.91 Å². The maximum atomic E-state index is 12.0. The summed E-state index contributed by atoms with van der Waals surface area (Å²) in [6.07, 6.45) is 2.25. The van der Waals surface area contributed by atoms with E-state index in [2.05, 4.69) is 29.4 Å². The zero-order valence-electron chi connectivity index (χ0n) is 18.6. The van der Waals surface area contributed by atoms with E-state index in [-0.39, 0.29) is 5.91 Å². The molecule has 0 atom stereocenters. The third-order valence-electron chi connectivity index (χ3n) is 4.93. The number of aryl methyl sites for hydroxylation is 1. The molecule has 0 aliphatic heterocycles. The molecule has 1 heterocycles. The standard InChI is InChI=1S/C24H28Cl2N4OS/c1-16(2)12-13-27-22(31)5-4-14-32-24-29-28-23(18-8-6-17(3)7-9-18)30(24)19-10-11-20(25)21(26)15-19/h6-11,15-16H,4-5,12-14H2,1-3H3,(H,27,31). The fourth-order valence-electron chi connectivity index (χ4n) is 3.09. The van der Waals surface area contributed by atoms with Gasteiger partial charge in [-0.05, 0) is 43.9 Å². The van der Waals surface area contributed by atoms with E-state index in [1.165, 1.54) is 5.56 Å². The minimum atomic E-state index is 0.0949. The number of rotatable bonds is 10. The Morgan fingerprint density at radius 2 is 1.84 bits per heavy atom. The molecule has 32 heavy (non-hydrogen) atoms. The number of benzene rings is 2. The van der Waals surface area contributed by atoms with Crippen LogP contribution in [0.2, 0.25) is 10.0 Å². The molecule has 0 saturated carbocycles. The molecule has 8 heteroatoms. The second-order valence-electron chi connectivity index (χ2n) is 8.09. The molecule has 0 saturated heterocycles. The molecule has 1 aromatic heterocycles. The number of nitrogens with one attached hydrogen (secondary N) is 1. The van der Waals surface area contributed by atoms with E-state index in [1.807, 2.05) is 47.9 Å². The lowest BCUT2D eigenvalue weighted by Crippen LogP contribution is -2.25. The van der Waals surface area contributed by atoms with Gasteiger partial charge in [0.25, 0.3) is 0 Å². The van der Waals surface area contributed by atoms with Crippen LogP contribution in [-0.2, 0) is 4.79 Å². The van der Waals surface area contributed by atoms with Gasteiger partial charge in [-0.25, -0.2) is 0 Å². The van der Waals surface area contributed by atoms with Crippen molar-refractivity contribution in [1.29, 1.82) is 0 Å². The van der Waals surface area contributed by atoms with Crippen molar-refractivity contribution in [2.45, 2.75) is 45.2 Å². The summed E-state index contributed by atoms with van der Waals surface area (Å²) in [6, 6.07) is 13.7. The second-order valence-corrected chi connectivity index (χ2v) is 9.97. The summed E-state index contributed by atoms with van der Waals surface area (Å²) in [7, 11) is 0. The van der Waals surface area contributed by atoms with E-state index in [0.717, 1.165) is 47.4 Å². The van der Waals surface area contributed by atoms with E-state index >= 15 is 0 Å². The van der Waals surface area contributed by atoms with Gasteiger partial charge in [-0.1, -0.05) is 78.6 Å². The van der Waals surface area contributed by atoms with Gasteiger partial charge in [-0.2, -0.15) is 0 Å². The molecule has 0 radical (unpaired) electrons. The first-order valence-corrected chi connectivity index (χ1v) is 12.5. The van der Waals surface area contributed by atoms with Crippen molar-refractivity contribution in [3.05, 3.63) is 58.1 Å². The van der Waals surface area contributed by atoms with Crippen molar-refractivity contribution in [2.75, 3.05) is 12.3 Å². The molecular weight excluding hydrogens is 463 g/mol. The fraction of sp³-hybridized carbons (Fsp3) is 0.375. The summed E-state index contributed by atoms with van der Waals surface area (Å²) < 4.78 is 1.99. The zero-order chi connectivity index (χ0) is 23.1. The van der Waals surface area contributed by atoms with Crippen LogP contribution < -0.4 is 5.32 Å². The van der Waals surface area contributed by atoms with Gasteiger partial charge in [0.1, 0.15) is 0 Å². The summed E-state index contributed by atoms with van der Waals surface area (Å²) in [5.74, 6) is 2.17.